The fourth-order valence-electron chi connectivity index (χ4n) is 3.59. The summed E-state index contributed by atoms with van der Waals surface area (Å²) >= 11 is 6.08. The van der Waals surface area contributed by atoms with Gasteiger partial charge in [-0.05, 0) is 29.5 Å². The highest BCUT2D eigenvalue weighted by Crippen LogP contribution is 2.46. The normalized spacial score (nSPS) is 22.9. The number of rotatable bonds is 2. The fourth-order valence-corrected chi connectivity index (χ4v) is 3.81. The van der Waals surface area contributed by atoms with Crippen LogP contribution in [0.2, 0.25) is 5.02 Å². The molecule has 0 unspecified atom stereocenters. The summed E-state index contributed by atoms with van der Waals surface area (Å²) in [5.41, 5.74) is 1.89. The third kappa shape index (κ3) is 2.88. The lowest BCUT2D eigenvalue weighted by Gasteiger charge is -2.37. The Kier molecular flexibility index (Phi) is 4.08. The Bertz CT molecular complexity index is 767. The number of hydrogen-bond acceptors (Lipinski definition) is 4. The molecule has 6 heteroatoms. The van der Waals surface area contributed by atoms with E-state index in [0.717, 1.165) is 0 Å². The van der Waals surface area contributed by atoms with Crippen molar-refractivity contribution in [1.82, 2.24) is 5.32 Å². The van der Waals surface area contributed by atoms with Crippen molar-refractivity contribution in [2.45, 2.75) is 39.0 Å². The van der Waals surface area contributed by atoms with E-state index in [0.29, 0.717) is 29.7 Å². The predicted octanol–water partition coefficient (Wildman–Crippen LogP) is 3.30. The van der Waals surface area contributed by atoms with Gasteiger partial charge in [-0.1, -0.05) is 25.4 Å². The van der Waals surface area contributed by atoms with E-state index in [-0.39, 0.29) is 46.0 Å². The van der Waals surface area contributed by atoms with Crippen LogP contribution < -0.4 is 10.1 Å². The van der Waals surface area contributed by atoms with Crippen LogP contribution in [0, 0.1) is 5.41 Å². The third-order valence-electron chi connectivity index (χ3n) is 4.62. The second-order valence-corrected chi connectivity index (χ2v) is 7.60. The molecule has 1 aliphatic carbocycles. The summed E-state index contributed by atoms with van der Waals surface area (Å²) in [5.74, 6) is -0.353. The number of methoxy groups -OCH3 is 1. The van der Waals surface area contributed by atoms with E-state index in [4.69, 9.17) is 16.3 Å². The minimum atomic E-state index is -0.371. The number of hydrogen-bond donors (Lipinski definition) is 2. The van der Waals surface area contributed by atoms with Crippen molar-refractivity contribution in [1.29, 1.82) is 0 Å². The van der Waals surface area contributed by atoms with Crippen LogP contribution in [-0.2, 0) is 9.59 Å². The summed E-state index contributed by atoms with van der Waals surface area (Å²) in [7, 11) is 1.43. The zero-order chi connectivity index (χ0) is 17.6. The molecule has 2 N–H and O–H groups in total. The molecule has 1 heterocycles. The van der Waals surface area contributed by atoms with Crippen LogP contribution in [-0.4, -0.2) is 23.9 Å². The maximum Gasteiger partial charge on any atom is 0.225 e. The average molecular weight is 350 g/mol. The number of phenolic OH excluding ortho intramolecular Hbond substituents is 1. The molecule has 0 radical (unpaired) electrons. The van der Waals surface area contributed by atoms with Crippen LogP contribution in [0.1, 0.15) is 44.6 Å². The SMILES string of the molecule is COc1cc([C@@H]2CC(=O)NC3=C2C(=O)CC(C)(C)C3)cc(Cl)c1O. The summed E-state index contributed by atoms with van der Waals surface area (Å²) in [5, 5.41) is 12.9. The molecule has 0 saturated heterocycles. The van der Waals surface area contributed by atoms with Gasteiger partial charge in [0.05, 0.1) is 12.1 Å². The van der Waals surface area contributed by atoms with Gasteiger partial charge in [-0.3, -0.25) is 9.59 Å². The van der Waals surface area contributed by atoms with Gasteiger partial charge in [0, 0.05) is 30.0 Å². The Morgan fingerprint density at radius 2 is 2.00 bits per heavy atom. The van der Waals surface area contributed by atoms with Crippen molar-refractivity contribution in [2.75, 3.05) is 7.11 Å². The Balaban J connectivity index is 2.12. The van der Waals surface area contributed by atoms with Gasteiger partial charge in [0.25, 0.3) is 0 Å². The van der Waals surface area contributed by atoms with Gasteiger partial charge in [-0.2, -0.15) is 0 Å². The van der Waals surface area contributed by atoms with Crippen molar-refractivity contribution in [3.05, 3.63) is 34.0 Å². The van der Waals surface area contributed by atoms with Crippen LogP contribution in [0.3, 0.4) is 0 Å². The zero-order valence-corrected chi connectivity index (χ0v) is 14.7. The standard InChI is InChI=1S/C18H20ClNO4/c1-18(2)7-12-16(13(21)8-18)10(6-15(22)20-12)9-4-11(19)17(23)14(5-9)24-3/h4-5,10,23H,6-8H2,1-3H3,(H,20,22)/t10-/m0/s1. The molecule has 2 aliphatic rings. The summed E-state index contributed by atoms with van der Waals surface area (Å²) in [6, 6.07) is 3.24. The highest BCUT2D eigenvalue weighted by Gasteiger charge is 2.40. The first-order valence-corrected chi connectivity index (χ1v) is 8.22. The van der Waals surface area contributed by atoms with Gasteiger partial charge in [0.1, 0.15) is 0 Å². The van der Waals surface area contributed by atoms with Gasteiger partial charge in [0.2, 0.25) is 5.91 Å². The van der Waals surface area contributed by atoms with Crippen molar-refractivity contribution in [3.63, 3.8) is 0 Å². The van der Waals surface area contributed by atoms with Crippen molar-refractivity contribution in [2.24, 2.45) is 5.41 Å². The van der Waals surface area contributed by atoms with Gasteiger partial charge in [0.15, 0.2) is 17.3 Å². The Morgan fingerprint density at radius 1 is 1.29 bits per heavy atom. The van der Waals surface area contributed by atoms with Gasteiger partial charge >= 0.3 is 0 Å². The molecular weight excluding hydrogens is 330 g/mol. The zero-order valence-electron chi connectivity index (χ0n) is 13.9. The monoisotopic (exact) mass is 349 g/mol. The fraction of sp³-hybridized carbons (Fsp3) is 0.444. The van der Waals surface area contributed by atoms with E-state index in [1.54, 1.807) is 12.1 Å². The molecule has 3 rings (SSSR count). The van der Waals surface area contributed by atoms with E-state index in [9.17, 15) is 14.7 Å². The molecule has 1 aromatic rings. The molecule has 1 amide bonds. The second-order valence-electron chi connectivity index (χ2n) is 7.19. The van der Waals surface area contributed by atoms with E-state index >= 15 is 0 Å². The number of phenols is 1. The molecule has 24 heavy (non-hydrogen) atoms. The van der Waals surface area contributed by atoms with Crippen LogP contribution in [0.5, 0.6) is 11.5 Å². The first kappa shape index (κ1) is 16.8. The Morgan fingerprint density at radius 3 is 2.67 bits per heavy atom. The maximum absolute atomic E-state index is 12.7. The summed E-state index contributed by atoms with van der Waals surface area (Å²) in [6.45, 7) is 4.04. The van der Waals surface area contributed by atoms with Crippen LogP contribution in [0.15, 0.2) is 23.4 Å². The summed E-state index contributed by atoms with van der Waals surface area (Å²) in [4.78, 5) is 24.9. The minimum Gasteiger partial charge on any atom is -0.503 e. The molecule has 0 spiro atoms. The number of carbonyl (C=O) groups is 2. The van der Waals surface area contributed by atoms with Gasteiger partial charge in [-0.25, -0.2) is 0 Å². The molecule has 1 atom stereocenters. The van der Waals surface area contributed by atoms with E-state index in [2.05, 4.69) is 5.32 Å². The average Bonchev–Trinajstić information content (AvgIpc) is 2.47. The second kappa shape index (κ2) is 5.81. The molecule has 0 aromatic heterocycles. The highest BCUT2D eigenvalue weighted by molar-refractivity contribution is 6.32. The predicted molar refractivity (Wildman–Crippen MR) is 90.2 cm³/mol. The Labute approximate surface area is 145 Å². The first-order valence-electron chi connectivity index (χ1n) is 7.84. The number of halogens is 1. The topological polar surface area (TPSA) is 75.6 Å². The quantitative estimate of drug-likeness (QED) is 0.859. The molecule has 5 nitrogen and oxygen atoms in total. The summed E-state index contributed by atoms with van der Waals surface area (Å²) < 4.78 is 5.14. The van der Waals surface area contributed by atoms with Gasteiger partial charge < -0.3 is 15.2 Å². The number of aromatic hydroxyl groups is 1. The number of ketones is 1. The smallest absolute Gasteiger partial charge is 0.225 e. The highest BCUT2D eigenvalue weighted by atomic mass is 35.5. The van der Waals surface area contributed by atoms with Gasteiger partial charge in [-0.15, -0.1) is 0 Å². The Hall–Kier alpha value is -2.01. The number of ether oxygens (including phenoxy) is 1. The van der Waals surface area contributed by atoms with Crippen LogP contribution in [0.4, 0.5) is 0 Å². The largest absolute Gasteiger partial charge is 0.503 e. The molecule has 128 valence electrons. The lowest BCUT2D eigenvalue weighted by Crippen LogP contribution is -2.40. The number of carbonyl (C=O) groups excluding carboxylic acids is 2. The minimum absolute atomic E-state index is 0.0504. The van der Waals surface area contributed by atoms with Crippen molar-refractivity contribution in [3.8, 4) is 11.5 Å². The van der Waals surface area contributed by atoms with E-state index in [1.807, 2.05) is 13.8 Å². The molecule has 0 fully saturated rings. The maximum atomic E-state index is 12.7. The third-order valence-corrected chi connectivity index (χ3v) is 4.91. The lowest BCUT2D eigenvalue weighted by atomic mass is 9.70. The van der Waals surface area contributed by atoms with Crippen molar-refractivity contribution < 1.29 is 19.4 Å². The number of benzene rings is 1. The number of amides is 1. The first-order chi connectivity index (χ1) is 11.2. The lowest BCUT2D eigenvalue weighted by molar-refractivity contribution is -0.122. The molecule has 1 aliphatic heterocycles. The molecule has 1 aromatic carbocycles. The summed E-state index contributed by atoms with van der Waals surface area (Å²) in [6.07, 6.45) is 1.27. The van der Waals surface area contributed by atoms with Crippen LogP contribution in [0.25, 0.3) is 0 Å². The molecule has 0 saturated carbocycles. The number of Topliss-reactive ketones (excluding diaryl/α,β-unsaturated/α-hetero) is 1. The van der Waals surface area contributed by atoms with Crippen molar-refractivity contribution >= 4 is 23.3 Å². The molecular formula is C18H20ClNO4. The number of allylic oxidation sites excluding steroid dienone is 2. The molecule has 0 bridgehead atoms. The number of nitrogens with one attached hydrogen (secondary N) is 1. The van der Waals surface area contributed by atoms with E-state index in [1.165, 1.54) is 7.11 Å². The van der Waals surface area contributed by atoms with Crippen LogP contribution >= 0.6 is 11.6 Å². The van der Waals surface area contributed by atoms with E-state index < -0.39 is 0 Å².